The van der Waals surface area contributed by atoms with Crippen LogP contribution in [0.3, 0.4) is 0 Å². The lowest BCUT2D eigenvalue weighted by Gasteiger charge is -2.11. The second kappa shape index (κ2) is 5.15. The van der Waals surface area contributed by atoms with E-state index < -0.39 is 0 Å². The van der Waals surface area contributed by atoms with Crippen molar-refractivity contribution in [1.29, 1.82) is 5.26 Å². The van der Waals surface area contributed by atoms with Gasteiger partial charge < -0.3 is 9.30 Å². The number of aromatic nitrogens is 2. The van der Waals surface area contributed by atoms with Crippen molar-refractivity contribution < 1.29 is 4.74 Å². The van der Waals surface area contributed by atoms with Crippen LogP contribution >= 0.6 is 0 Å². The molecule has 1 aromatic heterocycles. The zero-order valence-electron chi connectivity index (χ0n) is 11.7. The molecule has 0 N–H and O–H groups in total. The molecule has 1 heterocycles. The maximum atomic E-state index is 9.24. The van der Waals surface area contributed by atoms with Gasteiger partial charge in [0.25, 0.3) is 0 Å². The van der Waals surface area contributed by atoms with Crippen molar-refractivity contribution in [1.82, 2.24) is 9.55 Å². The quantitative estimate of drug-likeness (QED) is 0.847. The Morgan fingerprint density at radius 3 is 2.74 bits per heavy atom. The average Bonchev–Trinajstić information content (AvgIpc) is 2.73. The molecule has 2 aromatic rings. The summed E-state index contributed by atoms with van der Waals surface area (Å²) >= 11 is 0. The predicted octanol–water partition coefficient (Wildman–Crippen LogP) is 2.84. The fraction of sp³-hybridized carbons (Fsp3) is 0.333. The normalized spacial score (nSPS) is 10.3. The van der Waals surface area contributed by atoms with Gasteiger partial charge in [-0.15, -0.1) is 0 Å². The molecule has 0 saturated carbocycles. The molecule has 0 fully saturated rings. The molecule has 0 spiro atoms. The molecule has 0 bridgehead atoms. The fourth-order valence-corrected chi connectivity index (χ4v) is 2.16. The van der Waals surface area contributed by atoms with Gasteiger partial charge in [-0.05, 0) is 31.0 Å². The van der Waals surface area contributed by atoms with Crippen LogP contribution in [0.2, 0.25) is 0 Å². The number of nitrogens with zero attached hydrogens (tertiary/aromatic N) is 3. The Balaban J connectivity index is 2.74. The van der Waals surface area contributed by atoms with Crippen molar-refractivity contribution in [2.24, 2.45) is 7.05 Å². The topological polar surface area (TPSA) is 50.8 Å². The summed E-state index contributed by atoms with van der Waals surface area (Å²) in [5.74, 6) is 1.58. The van der Waals surface area contributed by atoms with E-state index in [1.54, 1.807) is 7.11 Å². The SMILES string of the molecule is CCc1ccc(OC)c(-c2c(C#N)nc(C)n2C)c1. The minimum Gasteiger partial charge on any atom is -0.496 e. The number of rotatable bonds is 3. The second-order valence-corrected chi connectivity index (χ2v) is 4.42. The van der Waals surface area contributed by atoms with Crippen molar-refractivity contribution in [2.75, 3.05) is 7.11 Å². The van der Waals surface area contributed by atoms with E-state index in [2.05, 4.69) is 24.0 Å². The lowest BCUT2D eigenvalue weighted by Crippen LogP contribution is -1.98. The van der Waals surface area contributed by atoms with Gasteiger partial charge in [-0.3, -0.25) is 0 Å². The Morgan fingerprint density at radius 2 is 2.16 bits per heavy atom. The number of imidazole rings is 1. The summed E-state index contributed by atoms with van der Waals surface area (Å²) in [5, 5.41) is 9.24. The molecule has 0 aliphatic rings. The highest BCUT2D eigenvalue weighted by Gasteiger charge is 2.17. The zero-order chi connectivity index (χ0) is 14.0. The highest BCUT2D eigenvalue weighted by atomic mass is 16.5. The Morgan fingerprint density at radius 1 is 1.42 bits per heavy atom. The minimum absolute atomic E-state index is 0.437. The maximum Gasteiger partial charge on any atom is 0.166 e. The average molecular weight is 255 g/mol. The van der Waals surface area contributed by atoms with Crippen LogP contribution in [0.15, 0.2) is 18.2 Å². The second-order valence-electron chi connectivity index (χ2n) is 4.42. The van der Waals surface area contributed by atoms with Gasteiger partial charge in [0.15, 0.2) is 5.69 Å². The van der Waals surface area contributed by atoms with Gasteiger partial charge in [0, 0.05) is 12.6 Å². The predicted molar refractivity (Wildman–Crippen MR) is 74.0 cm³/mol. The van der Waals surface area contributed by atoms with E-state index in [1.165, 1.54) is 5.56 Å². The van der Waals surface area contributed by atoms with Crippen molar-refractivity contribution in [3.8, 4) is 23.1 Å². The van der Waals surface area contributed by atoms with Gasteiger partial charge in [0.2, 0.25) is 0 Å². The van der Waals surface area contributed by atoms with E-state index in [0.717, 1.165) is 29.3 Å². The van der Waals surface area contributed by atoms with Crippen molar-refractivity contribution in [3.63, 3.8) is 0 Å². The maximum absolute atomic E-state index is 9.24. The number of methoxy groups -OCH3 is 1. The lowest BCUT2D eigenvalue weighted by molar-refractivity contribution is 0.416. The first-order valence-corrected chi connectivity index (χ1v) is 6.23. The van der Waals surface area contributed by atoms with Crippen LogP contribution in [0.4, 0.5) is 0 Å². The molecule has 0 aliphatic heterocycles. The summed E-state index contributed by atoms with van der Waals surface area (Å²) in [4.78, 5) is 4.28. The summed E-state index contributed by atoms with van der Waals surface area (Å²) < 4.78 is 7.34. The molecule has 4 heteroatoms. The smallest absolute Gasteiger partial charge is 0.166 e. The van der Waals surface area contributed by atoms with E-state index in [1.807, 2.05) is 30.7 Å². The fourth-order valence-electron chi connectivity index (χ4n) is 2.16. The number of benzene rings is 1. The van der Waals surface area contributed by atoms with Crippen LogP contribution in [0.1, 0.15) is 24.0 Å². The standard InChI is InChI=1S/C15H17N3O/c1-5-11-6-7-14(19-4)12(8-11)15-13(9-16)17-10(2)18(15)3/h6-8H,5H2,1-4H3. The molecule has 2 rings (SSSR count). The van der Waals surface area contributed by atoms with Gasteiger partial charge in [-0.25, -0.2) is 4.98 Å². The Bertz CT molecular complexity index is 650. The van der Waals surface area contributed by atoms with E-state index >= 15 is 0 Å². The lowest BCUT2D eigenvalue weighted by atomic mass is 10.0. The summed E-state index contributed by atoms with van der Waals surface area (Å²) in [6.07, 6.45) is 0.940. The van der Waals surface area contributed by atoms with E-state index in [0.29, 0.717) is 5.69 Å². The largest absolute Gasteiger partial charge is 0.496 e. The number of hydrogen-bond acceptors (Lipinski definition) is 3. The molecule has 0 amide bonds. The van der Waals surface area contributed by atoms with E-state index in [9.17, 15) is 5.26 Å². The van der Waals surface area contributed by atoms with Gasteiger partial charge in [0.1, 0.15) is 17.6 Å². The van der Waals surface area contributed by atoms with Crippen LogP contribution in [-0.2, 0) is 13.5 Å². The highest BCUT2D eigenvalue weighted by Crippen LogP contribution is 2.33. The van der Waals surface area contributed by atoms with Gasteiger partial charge in [-0.2, -0.15) is 5.26 Å². The minimum atomic E-state index is 0.437. The van der Waals surface area contributed by atoms with Crippen LogP contribution in [0, 0.1) is 18.3 Å². The molecule has 4 nitrogen and oxygen atoms in total. The van der Waals surface area contributed by atoms with Crippen LogP contribution in [-0.4, -0.2) is 16.7 Å². The number of hydrogen-bond donors (Lipinski definition) is 0. The summed E-state index contributed by atoms with van der Waals surface area (Å²) in [5.41, 5.74) is 3.37. The first kappa shape index (κ1) is 13.2. The number of ether oxygens (including phenoxy) is 1. The number of aryl methyl sites for hydroxylation is 2. The summed E-state index contributed by atoms with van der Waals surface area (Å²) in [7, 11) is 3.55. The molecular formula is C15H17N3O. The van der Waals surface area contributed by atoms with Gasteiger partial charge in [0.05, 0.1) is 12.8 Å². The molecule has 0 radical (unpaired) electrons. The third-order valence-electron chi connectivity index (χ3n) is 3.35. The molecule has 0 aliphatic carbocycles. The highest BCUT2D eigenvalue weighted by molar-refractivity contribution is 5.73. The van der Waals surface area contributed by atoms with Crippen molar-refractivity contribution >= 4 is 0 Å². The monoisotopic (exact) mass is 255 g/mol. The molecule has 1 aromatic carbocycles. The van der Waals surface area contributed by atoms with Gasteiger partial charge >= 0.3 is 0 Å². The summed E-state index contributed by atoms with van der Waals surface area (Å²) in [6, 6.07) is 8.20. The summed E-state index contributed by atoms with van der Waals surface area (Å²) in [6.45, 7) is 3.99. The first-order valence-electron chi connectivity index (χ1n) is 6.23. The van der Waals surface area contributed by atoms with E-state index in [4.69, 9.17) is 4.74 Å². The number of nitriles is 1. The Kier molecular flexibility index (Phi) is 3.57. The van der Waals surface area contributed by atoms with Gasteiger partial charge in [-0.1, -0.05) is 13.0 Å². The van der Waals surface area contributed by atoms with Crippen molar-refractivity contribution in [2.45, 2.75) is 20.3 Å². The Labute approximate surface area is 113 Å². The molecule has 19 heavy (non-hydrogen) atoms. The molecular weight excluding hydrogens is 238 g/mol. The third kappa shape index (κ3) is 2.19. The molecule has 0 unspecified atom stereocenters. The van der Waals surface area contributed by atoms with Crippen LogP contribution < -0.4 is 4.74 Å². The molecule has 0 saturated heterocycles. The van der Waals surface area contributed by atoms with Crippen LogP contribution in [0.25, 0.3) is 11.3 Å². The molecule has 98 valence electrons. The van der Waals surface area contributed by atoms with Crippen LogP contribution in [0.5, 0.6) is 5.75 Å². The van der Waals surface area contributed by atoms with Crippen molar-refractivity contribution in [3.05, 3.63) is 35.3 Å². The van der Waals surface area contributed by atoms with E-state index in [-0.39, 0.29) is 0 Å². The first-order chi connectivity index (χ1) is 9.12. The third-order valence-corrected chi connectivity index (χ3v) is 3.35. The zero-order valence-corrected chi connectivity index (χ0v) is 11.7. The molecule has 0 atom stereocenters. The Hall–Kier alpha value is -2.28.